The molecule has 2 N–H and O–H groups in total. The molecule has 0 radical (unpaired) electrons. The van der Waals surface area contributed by atoms with Gasteiger partial charge in [0.15, 0.2) is 5.75 Å². The number of allylic oxidation sites excluding steroid dienone is 1. The topological polar surface area (TPSA) is 75.9 Å². The molecule has 1 saturated heterocycles. The number of imidazole rings is 1. The number of likely N-dealkylation sites (N-methyl/N-ethyl adjacent to an activating group) is 1. The molecule has 2 aliphatic heterocycles. The van der Waals surface area contributed by atoms with Crippen LogP contribution < -0.4 is 20.1 Å². The van der Waals surface area contributed by atoms with E-state index < -0.39 is 0 Å². The number of amidine groups is 1. The Morgan fingerprint density at radius 1 is 1.15 bits per heavy atom. The van der Waals surface area contributed by atoms with E-state index in [0.29, 0.717) is 0 Å². The highest BCUT2D eigenvalue weighted by molar-refractivity contribution is 6.12. The van der Waals surface area contributed by atoms with Gasteiger partial charge in [0.05, 0.1) is 34.7 Å². The summed E-state index contributed by atoms with van der Waals surface area (Å²) in [6, 6.07) is 16.6. The minimum Gasteiger partial charge on any atom is -0.485 e. The van der Waals surface area contributed by atoms with Gasteiger partial charge in [-0.25, -0.2) is 9.98 Å². The fraction of sp³-hybridized carbons (Fsp3) is 0.333. The molecule has 1 aromatic heterocycles. The van der Waals surface area contributed by atoms with Crippen molar-refractivity contribution < 1.29 is 9.47 Å². The highest BCUT2D eigenvalue weighted by Gasteiger charge is 2.35. The number of piperidine rings is 1. The highest BCUT2D eigenvalue weighted by Crippen LogP contribution is 2.39. The van der Waals surface area contributed by atoms with E-state index in [1.807, 2.05) is 54.5 Å². The minimum atomic E-state index is 0.135. The maximum absolute atomic E-state index is 6.70. The molecule has 0 bridgehead atoms. The lowest BCUT2D eigenvalue weighted by Gasteiger charge is -2.42. The molecule has 1 fully saturated rings. The molecule has 2 unspecified atom stereocenters. The number of fused-ring (bicyclic) bond motifs is 3. The summed E-state index contributed by atoms with van der Waals surface area (Å²) in [5, 5.41) is 7.34. The molecule has 0 aliphatic carbocycles. The van der Waals surface area contributed by atoms with Gasteiger partial charge in [-0.05, 0) is 81.3 Å². The molecule has 8 heteroatoms. The first-order valence-corrected chi connectivity index (χ1v) is 14.3. The number of aryl methyl sites for hydroxylation is 3. The Morgan fingerprint density at radius 3 is 2.85 bits per heavy atom. The summed E-state index contributed by atoms with van der Waals surface area (Å²) in [6.07, 6.45) is 7.77. The zero-order valence-electron chi connectivity index (χ0n) is 24.4. The Morgan fingerprint density at radius 2 is 2.02 bits per heavy atom. The second-order valence-electron chi connectivity index (χ2n) is 11.1. The van der Waals surface area contributed by atoms with Gasteiger partial charge in [-0.1, -0.05) is 19.1 Å². The first kappa shape index (κ1) is 26.9. The van der Waals surface area contributed by atoms with Crippen LogP contribution in [0.3, 0.4) is 0 Å². The third-order valence-corrected chi connectivity index (χ3v) is 7.87. The second kappa shape index (κ2) is 11.3. The minimum absolute atomic E-state index is 0.135. The average Bonchev–Trinajstić information content (AvgIpc) is 3.33. The van der Waals surface area contributed by atoms with Crippen LogP contribution in [0.4, 0.5) is 11.4 Å². The number of anilines is 2. The fourth-order valence-corrected chi connectivity index (χ4v) is 5.61. The van der Waals surface area contributed by atoms with Crippen molar-refractivity contribution in [2.75, 3.05) is 30.8 Å². The Balaban J connectivity index is 1.29. The Hall–Kier alpha value is -4.30. The molecule has 8 nitrogen and oxygen atoms in total. The third kappa shape index (κ3) is 5.52. The molecule has 6 rings (SSSR count). The van der Waals surface area contributed by atoms with E-state index in [-0.39, 0.29) is 12.1 Å². The maximum atomic E-state index is 6.70. The number of nitrogens with one attached hydrogen (secondary N) is 2. The standard InChI is InChI=1S/C33H38N6O2/c1-6-7-15-34-33(31-21(2)8-11-25-32(31)41-30-14-16-38(4)19-27(30)37-25)36-23-9-13-29(22(3)17-23)40-24-10-12-28-26(18-24)35-20-39(28)5/h7-13,15,17-18,20,27,30,37H,6,14,16,19H2,1-5H3,(H,34,36)/b15-7+. The fourth-order valence-electron chi connectivity index (χ4n) is 5.61. The van der Waals surface area contributed by atoms with Crippen LogP contribution in [-0.2, 0) is 7.05 Å². The van der Waals surface area contributed by atoms with Crippen LogP contribution in [0.1, 0.15) is 36.5 Å². The first-order chi connectivity index (χ1) is 19.9. The SMILES string of the molecule is CC/C=C/N=C(Nc1ccc(Oc2ccc3c(c2)ncn3C)c(C)c1)c1c(C)ccc2c1OC1CCN(C)CC1N2. The summed E-state index contributed by atoms with van der Waals surface area (Å²) in [5.41, 5.74) is 7.02. The summed E-state index contributed by atoms with van der Waals surface area (Å²) in [6.45, 7) is 8.27. The second-order valence-corrected chi connectivity index (χ2v) is 11.1. The number of benzene rings is 3. The van der Waals surface area contributed by atoms with Crippen molar-refractivity contribution in [1.29, 1.82) is 0 Å². The molecule has 0 spiro atoms. The molecule has 41 heavy (non-hydrogen) atoms. The molecule has 0 saturated carbocycles. The van der Waals surface area contributed by atoms with Crippen LogP contribution in [-0.4, -0.2) is 52.6 Å². The molecule has 0 amide bonds. The van der Waals surface area contributed by atoms with E-state index in [1.165, 1.54) is 0 Å². The van der Waals surface area contributed by atoms with Gasteiger partial charge >= 0.3 is 0 Å². The van der Waals surface area contributed by atoms with Gasteiger partial charge in [-0.2, -0.15) is 0 Å². The highest BCUT2D eigenvalue weighted by atomic mass is 16.5. The molecule has 3 aromatic carbocycles. The number of likely N-dealkylation sites (tertiary alicyclic amines) is 1. The maximum Gasteiger partial charge on any atom is 0.154 e. The average molecular weight is 551 g/mol. The lowest BCUT2D eigenvalue weighted by atomic mass is 9.97. The first-order valence-electron chi connectivity index (χ1n) is 14.3. The number of aromatic nitrogens is 2. The summed E-state index contributed by atoms with van der Waals surface area (Å²) in [4.78, 5) is 11.7. The number of hydrogen-bond acceptors (Lipinski definition) is 6. The summed E-state index contributed by atoms with van der Waals surface area (Å²) in [5.74, 6) is 3.18. The van der Waals surface area contributed by atoms with Crippen LogP contribution in [0.5, 0.6) is 17.2 Å². The van der Waals surface area contributed by atoms with E-state index in [1.54, 1.807) is 0 Å². The number of aliphatic imine (C=N–C) groups is 1. The molecule has 2 aliphatic rings. The Kier molecular flexibility index (Phi) is 7.41. The van der Waals surface area contributed by atoms with Crippen LogP contribution in [0.15, 0.2) is 72.1 Å². The number of hydrogen-bond donors (Lipinski definition) is 2. The summed E-state index contributed by atoms with van der Waals surface area (Å²) < 4.78 is 15.0. The van der Waals surface area contributed by atoms with Crippen LogP contribution in [0.2, 0.25) is 0 Å². The summed E-state index contributed by atoms with van der Waals surface area (Å²) >= 11 is 0. The van der Waals surface area contributed by atoms with E-state index in [2.05, 4.69) is 72.6 Å². The van der Waals surface area contributed by atoms with Gasteiger partial charge in [-0.15, -0.1) is 0 Å². The largest absolute Gasteiger partial charge is 0.485 e. The molecular weight excluding hydrogens is 512 g/mol. The predicted octanol–water partition coefficient (Wildman–Crippen LogP) is 6.64. The Labute approximate surface area is 241 Å². The molecule has 3 heterocycles. The van der Waals surface area contributed by atoms with Crippen molar-refractivity contribution in [3.63, 3.8) is 0 Å². The van der Waals surface area contributed by atoms with Crippen LogP contribution in [0, 0.1) is 13.8 Å². The predicted molar refractivity (Wildman–Crippen MR) is 167 cm³/mol. The van der Waals surface area contributed by atoms with Crippen molar-refractivity contribution in [3.8, 4) is 17.2 Å². The zero-order valence-corrected chi connectivity index (χ0v) is 24.4. The van der Waals surface area contributed by atoms with E-state index in [9.17, 15) is 0 Å². The molecule has 2 atom stereocenters. The normalized spacial score (nSPS) is 19.0. The van der Waals surface area contributed by atoms with Gasteiger partial charge in [0.2, 0.25) is 0 Å². The van der Waals surface area contributed by atoms with E-state index in [4.69, 9.17) is 14.5 Å². The third-order valence-electron chi connectivity index (χ3n) is 7.87. The monoisotopic (exact) mass is 550 g/mol. The van der Waals surface area contributed by atoms with Gasteiger partial charge in [-0.3, -0.25) is 0 Å². The summed E-state index contributed by atoms with van der Waals surface area (Å²) in [7, 11) is 4.16. The zero-order chi connectivity index (χ0) is 28.5. The lowest BCUT2D eigenvalue weighted by molar-refractivity contribution is 0.0924. The lowest BCUT2D eigenvalue weighted by Crippen LogP contribution is -2.53. The number of rotatable bonds is 6. The number of ether oxygens (including phenoxy) is 2. The molecule has 212 valence electrons. The van der Waals surface area contributed by atoms with Crippen molar-refractivity contribution in [2.45, 2.75) is 45.8 Å². The van der Waals surface area contributed by atoms with Crippen molar-refractivity contribution in [1.82, 2.24) is 14.5 Å². The van der Waals surface area contributed by atoms with E-state index in [0.717, 1.165) is 88.1 Å². The van der Waals surface area contributed by atoms with Crippen molar-refractivity contribution in [3.05, 3.63) is 83.8 Å². The quantitative estimate of drug-likeness (QED) is 0.207. The Bertz CT molecular complexity index is 1640. The van der Waals surface area contributed by atoms with Gasteiger partial charge in [0, 0.05) is 38.1 Å². The van der Waals surface area contributed by atoms with Crippen molar-refractivity contribution in [2.24, 2.45) is 12.0 Å². The van der Waals surface area contributed by atoms with Crippen LogP contribution >= 0.6 is 0 Å². The van der Waals surface area contributed by atoms with Gasteiger partial charge < -0.3 is 29.6 Å². The van der Waals surface area contributed by atoms with Gasteiger partial charge in [0.1, 0.15) is 23.4 Å². The van der Waals surface area contributed by atoms with Crippen LogP contribution in [0.25, 0.3) is 11.0 Å². The molecule has 4 aromatic rings. The number of nitrogens with zero attached hydrogens (tertiary/aromatic N) is 4. The van der Waals surface area contributed by atoms with Gasteiger partial charge in [0.25, 0.3) is 0 Å². The smallest absolute Gasteiger partial charge is 0.154 e. The molecular formula is C33H38N6O2. The van der Waals surface area contributed by atoms with E-state index >= 15 is 0 Å². The van der Waals surface area contributed by atoms with Crippen molar-refractivity contribution >= 4 is 28.2 Å².